The van der Waals surface area contributed by atoms with Crippen molar-refractivity contribution >= 4 is 10.1 Å². The summed E-state index contributed by atoms with van der Waals surface area (Å²) in [5.74, 6) is -0.295. The Balaban J connectivity index is 3.06. The molecule has 1 N–H and O–H groups in total. The van der Waals surface area contributed by atoms with Gasteiger partial charge in [-0.1, -0.05) is 103 Å². The van der Waals surface area contributed by atoms with Crippen LogP contribution in [0, 0.1) is 0 Å². The molecule has 11 nitrogen and oxygen atoms in total. The van der Waals surface area contributed by atoms with Gasteiger partial charge in [-0.3, -0.25) is 4.55 Å². The molecule has 0 rings (SSSR count). The number of ether oxygens (including phenoxy) is 8. The Hall–Kier alpha value is -0.410. The molecule has 0 aromatic rings. The fourth-order valence-corrected chi connectivity index (χ4v) is 5.22. The van der Waals surface area contributed by atoms with Gasteiger partial charge in [0.1, 0.15) is 0 Å². The van der Waals surface area contributed by atoms with Gasteiger partial charge in [-0.2, -0.15) is 8.42 Å². The molecule has 0 aliphatic heterocycles. The summed E-state index contributed by atoms with van der Waals surface area (Å²) in [7, 11) is -3.92. The second-order valence-corrected chi connectivity index (χ2v) is 13.4. The molecule has 0 spiro atoms. The van der Waals surface area contributed by atoms with E-state index in [-0.39, 0.29) is 18.8 Å². The molecular formula is C35H72O11S. The summed E-state index contributed by atoms with van der Waals surface area (Å²) in [6, 6.07) is 0. The van der Waals surface area contributed by atoms with Crippen molar-refractivity contribution in [2.24, 2.45) is 0 Å². The Labute approximate surface area is 288 Å². The Morgan fingerprint density at radius 1 is 0.319 bits per heavy atom. The van der Waals surface area contributed by atoms with Crippen LogP contribution < -0.4 is 0 Å². The van der Waals surface area contributed by atoms with E-state index in [1.54, 1.807) is 0 Å². The molecule has 0 aromatic heterocycles. The molecule has 0 saturated carbocycles. The molecule has 0 atom stereocenters. The highest BCUT2D eigenvalue weighted by Gasteiger charge is 2.03. The van der Waals surface area contributed by atoms with Crippen LogP contribution in [-0.2, 0) is 48.0 Å². The van der Waals surface area contributed by atoms with E-state index in [1.807, 2.05) is 0 Å². The quantitative estimate of drug-likeness (QED) is 0.0543. The van der Waals surface area contributed by atoms with Crippen LogP contribution >= 0.6 is 0 Å². The molecule has 0 saturated heterocycles. The highest BCUT2D eigenvalue weighted by Crippen LogP contribution is 2.13. The van der Waals surface area contributed by atoms with Crippen molar-refractivity contribution in [2.45, 2.75) is 116 Å². The van der Waals surface area contributed by atoms with E-state index in [9.17, 15) is 8.42 Å². The monoisotopic (exact) mass is 700 g/mol. The number of hydrogen-bond acceptors (Lipinski definition) is 10. The number of unbranched alkanes of at least 4 members (excludes halogenated alkanes) is 15. The maximum Gasteiger partial charge on any atom is 0.264 e. The zero-order valence-electron chi connectivity index (χ0n) is 30.0. The predicted molar refractivity (Wildman–Crippen MR) is 187 cm³/mol. The van der Waals surface area contributed by atoms with Gasteiger partial charge in [-0.25, -0.2) is 0 Å². The molecule has 0 aliphatic rings. The second kappa shape index (κ2) is 40.0. The van der Waals surface area contributed by atoms with Crippen LogP contribution in [0.15, 0.2) is 0 Å². The third-order valence-electron chi connectivity index (χ3n) is 7.44. The Morgan fingerprint density at radius 3 is 0.787 bits per heavy atom. The number of rotatable bonds is 42. The van der Waals surface area contributed by atoms with Crippen LogP contribution in [0.1, 0.15) is 116 Å². The van der Waals surface area contributed by atoms with Crippen molar-refractivity contribution < 1.29 is 50.9 Å². The highest BCUT2D eigenvalue weighted by atomic mass is 32.2. The first-order valence-electron chi connectivity index (χ1n) is 18.6. The molecule has 12 heteroatoms. The van der Waals surface area contributed by atoms with E-state index >= 15 is 0 Å². The standard InChI is InChI=1S/C35H72O11S/c1-2-3-4-5-6-7-8-9-10-11-12-13-14-15-16-17-19-39-21-23-41-25-27-43-29-31-45-33-34-46-32-30-44-28-26-42-24-22-40-20-18-35-47(36,37)38/h2-35H2,1H3,(H,36,37,38). The molecule has 0 bridgehead atoms. The lowest BCUT2D eigenvalue weighted by molar-refractivity contribution is -0.0231. The minimum atomic E-state index is -3.92. The molecule has 0 aromatic carbocycles. The largest absolute Gasteiger partial charge is 0.379 e. The van der Waals surface area contributed by atoms with Gasteiger partial charge in [0.15, 0.2) is 0 Å². The Bertz CT molecular complexity index is 682. The number of hydrogen-bond donors (Lipinski definition) is 1. The zero-order valence-corrected chi connectivity index (χ0v) is 30.8. The molecule has 0 fully saturated rings. The minimum Gasteiger partial charge on any atom is -0.379 e. The average molecular weight is 701 g/mol. The lowest BCUT2D eigenvalue weighted by atomic mass is 10.0. The van der Waals surface area contributed by atoms with Crippen molar-refractivity contribution in [3.05, 3.63) is 0 Å². The molecular weight excluding hydrogens is 628 g/mol. The van der Waals surface area contributed by atoms with E-state index in [4.69, 9.17) is 42.4 Å². The summed E-state index contributed by atoms with van der Waals surface area (Å²) in [5.41, 5.74) is 0. The first-order valence-corrected chi connectivity index (χ1v) is 20.2. The fourth-order valence-electron chi connectivity index (χ4n) is 4.74. The lowest BCUT2D eigenvalue weighted by Gasteiger charge is -2.08. The Morgan fingerprint density at radius 2 is 0.532 bits per heavy atom. The van der Waals surface area contributed by atoms with Gasteiger partial charge in [-0.05, 0) is 12.8 Å². The van der Waals surface area contributed by atoms with Crippen LogP contribution in [0.4, 0.5) is 0 Å². The zero-order chi connectivity index (χ0) is 34.2. The summed E-state index contributed by atoms with van der Waals surface area (Å²) < 4.78 is 73.4. The molecule has 284 valence electrons. The van der Waals surface area contributed by atoms with Gasteiger partial charge in [0, 0.05) is 13.2 Å². The maximum atomic E-state index is 10.6. The maximum absolute atomic E-state index is 10.6. The van der Waals surface area contributed by atoms with Crippen LogP contribution in [0.5, 0.6) is 0 Å². The van der Waals surface area contributed by atoms with Gasteiger partial charge in [-0.15, -0.1) is 0 Å². The van der Waals surface area contributed by atoms with Crippen LogP contribution in [0.25, 0.3) is 0 Å². The van der Waals surface area contributed by atoms with Gasteiger partial charge in [0.2, 0.25) is 0 Å². The summed E-state index contributed by atoms with van der Waals surface area (Å²) >= 11 is 0. The van der Waals surface area contributed by atoms with E-state index in [1.165, 1.54) is 96.3 Å². The van der Waals surface area contributed by atoms with Crippen molar-refractivity contribution in [1.29, 1.82) is 0 Å². The first-order chi connectivity index (χ1) is 23.1. The van der Waals surface area contributed by atoms with Gasteiger partial charge >= 0.3 is 0 Å². The third kappa shape index (κ3) is 45.6. The van der Waals surface area contributed by atoms with Crippen molar-refractivity contribution in [3.8, 4) is 0 Å². The second-order valence-electron chi connectivity index (χ2n) is 11.8. The predicted octanol–water partition coefficient (Wildman–Crippen LogP) is 6.66. The lowest BCUT2D eigenvalue weighted by Crippen LogP contribution is -2.15. The fraction of sp³-hybridized carbons (Fsp3) is 1.00. The molecule has 0 unspecified atom stereocenters. The van der Waals surface area contributed by atoms with Crippen LogP contribution in [-0.4, -0.2) is 124 Å². The van der Waals surface area contributed by atoms with Crippen molar-refractivity contribution in [1.82, 2.24) is 0 Å². The molecule has 0 aliphatic carbocycles. The SMILES string of the molecule is CCCCCCCCCCCCCCCCCCOCCOCCOCCOCCOCCOCCOCCOCCCS(=O)(=O)O. The van der Waals surface area contributed by atoms with Crippen LogP contribution in [0.3, 0.4) is 0 Å². The molecule has 0 radical (unpaired) electrons. The Kier molecular flexibility index (Phi) is 39.7. The molecule has 0 amide bonds. The summed E-state index contributed by atoms with van der Waals surface area (Å²) in [6.07, 6.45) is 22.4. The highest BCUT2D eigenvalue weighted by molar-refractivity contribution is 7.85. The van der Waals surface area contributed by atoms with E-state index in [2.05, 4.69) is 6.92 Å². The molecule has 0 heterocycles. The smallest absolute Gasteiger partial charge is 0.264 e. The average Bonchev–Trinajstić information content (AvgIpc) is 3.05. The normalized spacial score (nSPS) is 12.0. The summed E-state index contributed by atoms with van der Waals surface area (Å²) in [4.78, 5) is 0. The third-order valence-corrected chi connectivity index (χ3v) is 8.24. The van der Waals surface area contributed by atoms with Gasteiger partial charge in [0.05, 0.1) is 98.2 Å². The van der Waals surface area contributed by atoms with E-state index in [0.717, 1.165) is 13.0 Å². The topological polar surface area (TPSA) is 128 Å². The van der Waals surface area contributed by atoms with Crippen molar-refractivity contribution in [2.75, 3.05) is 111 Å². The minimum absolute atomic E-state index is 0.256. The summed E-state index contributed by atoms with van der Waals surface area (Å²) in [5, 5.41) is 0. The van der Waals surface area contributed by atoms with Crippen molar-refractivity contribution in [3.63, 3.8) is 0 Å². The van der Waals surface area contributed by atoms with Crippen LogP contribution in [0.2, 0.25) is 0 Å². The first kappa shape index (κ1) is 46.6. The molecule has 47 heavy (non-hydrogen) atoms. The van der Waals surface area contributed by atoms with E-state index < -0.39 is 10.1 Å². The van der Waals surface area contributed by atoms with Gasteiger partial charge < -0.3 is 37.9 Å². The summed E-state index contributed by atoms with van der Waals surface area (Å²) in [6.45, 7) is 10.4. The van der Waals surface area contributed by atoms with E-state index in [0.29, 0.717) is 92.5 Å². The van der Waals surface area contributed by atoms with Gasteiger partial charge in [0.25, 0.3) is 10.1 Å².